The standard InChI is InChI=1S/C15H23BrN2O3S/c1-10(2)5-4-6-11(3)18-15(19)13-9-12(22(17,20)21)7-8-14(13)16/h7-11H,4-6H2,1-3H3,(H,18,19)(H2,17,20,21)/t11-/m0/s1. The van der Waals surface area contributed by atoms with Crippen LogP contribution < -0.4 is 10.5 Å². The topological polar surface area (TPSA) is 89.3 Å². The van der Waals surface area contributed by atoms with Crippen LogP contribution >= 0.6 is 15.9 Å². The molecule has 1 rings (SSSR count). The lowest BCUT2D eigenvalue weighted by atomic mass is 10.0. The first-order valence-corrected chi connectivity index (χ1v) is 9.58. The van der Waals surface area contributed by atoms with Gasteiger partial charge in [-0.2, -0.15) is 0 Å². The summed E-state index contributed by atoms with van der Waals surface area (Å²) >= 11 is 3.26. The number of rotatable bonds is 7. The predicted octanol–water partition coefficient (Wildman–Crippen LogP) is 3.04. The maximum absolute atomic E-state index is 12.3. The fraction of sp³-hybridized carbons (Fsp3) is 0.533. The van der Waals surface area contributed by atoms with Gasteiger partial charge in [-0.3, -0.25) is 4.79 Å². The van der Waals surface area contributed by atoms with E-state index in [2.05, 4.69) is 35.1 Å². The first-order valence-electron chi connectivity index (χ1n) is 7.24. The van der Waals surface area contributed by atoms with Gasteiger partial charge in [0, 0.05) is 10.5 Å². The van der Waals surface area contributed by atoms with Gasteiger partial charge in [-0.25, -0.2) is 13.6 Å². The van der Waals surface area contributed by atoms with E-state index in [1.807, 2.05) is 6.92 Å². The van der Waals surface area contributed by atoms with E-state index in [4.69, 9.17) is 5.14 Å². The molecule has 0 aliphatic rings. The van der Waals surface area contributed by atoms with E-state index in [9.17, 15) is 13.2 Å². The minimum absolute atomic E-state index is 0.0243. The summed E-state index contributed by atoms with van der Waals surface area (Å²) < 4.78 is 23.3. The molecular weight excluding hydrogens is 368 g/mol. The number of carbonyl (C=O) groups is 1. The van der Waals surface area contributed by atoms with Crippen molar-refractivity contribution >= 4 is 31.9 Å². The van der Waals surface area contributed by atoms with Crippen molar-refractivity contribution < 1.29 is 13.2 Å². The summed E-state index contributed by atoms with van der Waals surface area (Å²) in [6.45, 7) is 6.27. The highest BCUT2D eigenvalue weighted by atomic mass is 79.9. The molecule has 3 N–H and O–H groups in total. The number of nitrogens with one attached hydrogen (secondary N) is 1. The molecule has 1 aromatic carbocycles. The highest BCUT2D eigenvalue weighted by molar-refractivity contribution is 9.10. The third-order valence-electron chi connectivity index (χ3n) is 3.31. The second kappa shape index (κ2) is 8.08. The number of nitrogens with two attached hydrogens (primary N) is 1. The molecule has 1 aromatic rings. The molecule has 0 fully saturated rings. The Balaban J connectivity index is 2.77. The van der Waals surface area contributed by atoms with Crippen molar-refractivity contribution in [2.75, 3.05) is 0 Å². The van der Waals surface area contributed by atoms with Crippen LogP contribution in [0.4, 0.5) is 0 Å². The normalized spacial score (nSPS) is 13.2. The highest BCUT2D eigenvalue weighted by Gasteiger charge is 2.17. The molecule has 0 aliphatic carbocycles. The third-order valence-corrected chi connectivity index (χ3v) is 4.91. The molecule has 1 atom stereocenters. The van der Waals surface area contributed by atoms with E-state index in [0.717, 1.165) is 19.3 Å². The Hall–Kier alpha value is -0.920. The number of benzene rings is 1. The van der Waals surface area contributed by atoms with Crippen LogP contribution in [-0.2, 0) is 10.0 Å². The number of hydrogen-bond acceptors (Lipinski definition) is 3. The van der Waals surface area contributed by atoms with Gasteiger partial charge in [0.1, 0.15) is 0 Å². The van der Waals surface area contributed by atoms with Crippen molar-refractivity contribution in [2.45, 2.75) is 51.0 Å². The fourth-order valence-corrected chi connectivity index (χ4v) is 3.03. The Labute approximate surface area is 140 Å². The SMILES string of the molecule is CC(C)CCC[C@H](C)NC(=O)c1cc(S(N)(=O)=O)ccc1Br. The predicted molar refractivity (Wildman–Crippen MR) is 91.1 cm³/mol. The van der Waals surface area contributed by atoms with Crippen molar-refractivity contribution in [1.29, 1.82) is 0 Å². The molecule has 7 heteroatoms. The number of halogens is 1. The van der Waals surface area contributed by atoms with Crippen molar-refractivity contribution in [3.8, 4) is 0 Å². The maximum atomic E-state index is 12.3. The van der Waals surface area contributed by atoms with Crippen molar-refractivity contribution in [1.82, 2.24) is 5.32 Å². The van der Waals surface area contributed by atoms with Crippen LogP contribution in [0.15, 0.2) is 27.6 Å². The van der Waals surface area contributed by atoms with E-state index in [1.54, 1.807) is 0 Å². The molecule has 22 heavy (non-hydrogen) atoms. The summed E-state index contributed by atoms with van der Waals surface area (Å²) in [6, 6.07) is 4.19. The Morgan fingerprint density at radius 1 is 1.27 bits per heavy atom. The number of carbonyl (C=O) groups excluding carboxylic acids is 1. The number of hydrogen-bond donors (Lipinski definition) is 2. The van der Waals surface area contributed by atoms with Gasteiger partial charge in [-0.15, -0.1) is 0 Å². The zero-order chi connectivity index (χ0) is 16.9. The van der Waals surface area contributed by atoms with Crippen LogP contribution in [0.2, 0.25) is 0 Å². The summed E-state index contributed by atoms with van der Waals surface area (Å²) in [5.74, 6) is 0.331. The van der Waals surface area contributed by atoms with E-state index in [0.29, 0.717) is 10.4 Å². The average Bonchev–Trinajstić information content (AvgIpc) is 2.37. The monoisotopic (exact) mass is 390 g/mol. The van der Waals surface area contributed by atoms with Crippen molar-refractivity contribution in [3.05, 3.63) is 28.2 Å². The minimum atomic E-state index is -3.83. The van der Waals surface area contributed by atoms with E-state index >= 15 is 0 Å². The summed E-state index contributed by atoms with van der Waals surface area (Å²) in [5, 5.41) is 7.98. The molecule has 0 bridgehead atoms. The first kappa shape index (κ1) is 19.1. The van der Waals surface area contributed by atoms with Crippen LogP contribution in [0.25, 0.3) is 0 Å². The van der Waals surface area contributed by atoms with E-state index < -0.39 is 10.0 Å². The first-order chi connectivity index (χ1) is 10.1. The number of amides is 1. The lowest BCUT2D eigenvalue weighted by Gasteiger charge is -2.15. The molecular formula is C15H23BrN2O3S. The smallest absolute Gasteiger partial charge is 0.252 e. The second-order valence-electron chi connectivity index (χ2n) is 5.89. The summed E-state index contributed by atoms with van der Waals surface area (Å²) in [7, 11) is -3.83. The van der Waals surface area contributed by atoms with Crippen LogP contribution in [-0.4, -0.2) is 20.4 Å². The molecule has 0 aromatic heterocycles. The van der Waals surface area contributed by atoms with Gasteiger partial charge in [0.25, 0.3) is 5.91 Å². The molecule has 124 valence electrons. The number of primary sulfonamides is 1. The van der Waals surface area contributed by atoms with Gasteiger partial charge in [0.2, 0.25) is 10.0 Å². The lowest BCUT2D eigenvalue weighted by molar-refractivity contribution is 0.0937. The van der Waals surface area contributed by atoms with Crippen LogP contribution in [0, 0.1) is 5.92 Å². The van der Waals surface area contributed by atoms with Gasteiger partial charge in [-0.1, -0.05) is 26.7 Å². The summed E-state index contributed by atoms with van der Waals surface area (Å²) in [5.41, 5.74) is 0.266. The molecule has 5 nitrogen and oxygen atoms in total. The van der Waals surface area contributed by atoms with Crippen LogP contribution in [0.3, 0.4) is 0 Å². The Kier molecular flexibility index (Phi) is 7.02. The largest absolute Gasteiger partial charge is 0.350 e. The van der Waals surface area contributed by atoms with Crippen LogP contribution in [0.5, 0.6) is 0 Å². The zero-order valence-electron chi connectivity index (χ0n) is 13.1. The van der Waals surface area contributed by atoms with Crippen molar-refractivity contribution in [3.63, 3.8) is 0 Å². The maximum Gasteiger partial charge on any atom is 0.252 e. The highest BCUT2D eigenvalue weighted by Crippen LogP contribution is 2.21. The molecule has 0 aliphatic heterocycles. The fourth-order valence-electron chi connectivity index (χ4n) is 2.06. The van der Waals surface area contributed by atoms with Gasteiger partial charge < -0.3 is 5.32 Å². The second-order valence-corrected chi connectivity index (χ2v) is 8.30. The summed E-state index contributed by atoms with van der Waals surface area (Å²) in [6.07, 6.45) is 3.04. The molecule has 0 unspecified atom stereocenters. The third kappa shape index (κ3) is 6.06. The zero-order valence-corrected chi connectivity index (χ0v) is 15.5. The van der Waals surface area contributed by atoms with Gasteiger partial charge in [0.15, 0.2) is 0 Å². The quantitative estimate of drug-likeness (QED) is 0.749. The van der Waals surface area contributed by atoms with Crippen molar-refractivity contribution in [2.24, 2.45) is 11.1 Å². The van der Waals surface area contributed by atoms with Crippen LogP contribution in [0.1, 0.15) is 50.4 Å². The Morgan fingerprint density at radius 3 is 2.45 bits per heavy atom. The minimum Gasteiger partial charge on any atom is -0.350 e. The lowest BCUT2D eigenvalue weighted by Crippen LogP contribution is -2.33. The molecule has 0 radical (unpaired) electrons. The number of sulfonamides is 1. The molecule has 1 amide bonds. The Morgan fingerprint density at radius 2 is 1.91 bits per heavy atom. The van der Waals surface area contributed by atoms with Gasteiger partial charge >= 0.3 is 0 Å². The van der Waals surface area contributed by atoms with E-state index in [-0.39, 0.29) is 22.4 Å². The Bertz CT molecular complexity index is 630. The molecule has 0 saturated heterocycles. The van der Waals surface area contributed by atoms with Gasteiger partial charge in [0.05, 0.1) is 10.5 Å². The van der Waals surface area contributed by atoms with Gasteiger partial charge in [-0.05, 0) is 53.4 Å². The summed E-state index contributed by atoms with van der Waals surface area (Å²) in [4.78, 5) is 12.2. The van der Waals surface area contributed by atoms with E-state index in [1.165, 1.54) is 18.2 Å². The molecule has 0 saturated carbocycles. The molecule has 0 spiro atoms. The molecule has 0 heterocycles. The average molecular weight is 391 g/mol.